The number of hydrogen-bond donors (Lipinski definition) is 2. The number of rotatable bonds is 6. The summed E-state index contributed by atoms with van der Waals surface area (Å²) in [5, 5.41) is 5.06. The highest BCUT2D eigenvalue weighted by Crippen LogP contribution is 2.34. The summed E-state index contributed by atoms with van der Waals surface area (Å²) in [6.45, 7) is 1.78. The molecular formula is C29H32ClN7O2S. The number of nitrogens with two attached hydrogens (primary N) is 1. The number of pyridine rings is 1. The van der Waals surface area contributed by atoms with E-state index in [0.717, 1.165) is 46.5 Å². The second-order valence-electron chi connectivity index (χ2n) is 10.4. The fraction of sp³-hybridized carbons (Fsp3) is 0.345. The maximum Gasteiger partial charge on any atom is 0.243 e. The first-order valence-corrected chi connectivity index (χ1v) is 15.5. The second-order valence-corrected chi connectivity index (χ2v) is 12.7. The summed E-state index contributed by atoms with van der Waals surface area (Å²) in [5.74, 6) is 1.85. The lowest BCUT2D eigenvalue weighted by atomic mass is 9.95. The molecule has 1 saturated heterocycles. The molecule has 2 fully saturated rings. The van der Waals surface area contributed by atoms with E-state index in [-0.39, 0.29) is 10.8 Å². The highest BCUT2D eigenvalue weighted by molar-refractivity contribution is 7.89. The lowest BCUT2D eigenvalue weighted by molar-refractivity contribution is 0.384. The van der Waals surface area contributed by atoms with Gasteiger partial charge in [-0.15, -0.1) is 0 Å². The number of hydrogen-bond acceptors (Lipinski definition) is 8. The molecule has 4 aromatic rings. The van der Waals surface area contributed by atoms with Crippen LogP contribution in [0.2, 0.25) is 5.02 Å². The third-order valence-corrected chi connectivity index (χ3v) is 9.91. The van der Waals surface area contributed by atoms with Gasteiger partial charge in [0, 0.05) is 54.4 Å². The molecule has 2 aromatic carbocycles. The van der Waals surface area contributed by atoms with Gasteiger partial charge >= 0.3 is 0 Å². The minimum Gasteiger partial charge on any atom is -0.368 e. The quantitative estimate of drug-likeness (QED) is 0.322. The van der Waals surface area contributed by atoms with Crippen molar-refractivity contribution in [1.82, 2.24) is 19.3 Å². The first-order chi connectivity index (χ1) is 19.4. The molecule has 208 valence electrons. The maximum absolute atomic E-state index is 13.2. The standard InChI is InChI=1S/C29H32ClN7O2S/c30-21-9-11-23(12-10-21)40(38,39)37-17-15-36(16-18-37)28-24(7-4-14-32-28)20-8-13-26-25(19-20)27(35-29(31)34-26)33-22-5-2-1-3-6-22/h4,7-14,19,22H,1-3,5-6,15-18H2,(H3,31,33,34,35). The average molecular weight is 578 g/mol. The normalized spacial score (nSPS) is 17.3. The van der Waals surface area contributed by atoms with Crippen LogP contribution in [-0.2, 0) is 10.0 Å². The van der Waals surface area contributed by atoms with Gasteiger partial charge in [-0.25, -0.2) is 18.4 Å². The van der Waals surface area contributed by atoms with Crippen LogP contribution >= 0.6 is 11.6 Å². The Morgan fingerprint density at radius 2 is 1.68 bits per heavy atom. The first kappa shape index (κ1) is 26.7. The summed E-state index contributed by atoms with van der Waals surface area (Å²) in [7, 11) is -3.60. The van der Waals surface area contributed by atoms with Crippen molar-refractivity contribution in [2.75, 3.05) is 42.1 Å². The topological polar surface area (TPSA) is 117 Å². The maximum atomic E-state index is 13.2. The molecule has 0 amide bonds. The van der Waals surface area contributed by atoms with Crippen LogP contribution in [0.1, 0.15) is 32.1 Å². The molecule has 2 aliphatic rings. The number of benzene rings is 2. The molecule has 0 atom stereocenters. The Morgan fingerprint density at radius 3 is 2.42 bits per heavy atom. The van der Waals surface area contributed by atoms with Crippen molar-refractivity contribution in [2.45, 2.75) is 43.0 Å². The molecule has 6 rings (SSSR count). The van der Waals surface area contributed by atoms with Gasteiger partial charge in [-0.2, -0.15) is 9.29 Å². The molecule has 2 aromatic heterocycles. The Labute approximate surface area is 239 Å². The number of halogens is 1. The van der Waals surface area contributed by atoms with Gasteiger partial charge in [0.1, 0.15) is 11.6 Å². The van der Waals surface area contributed by atoms with E-state index < -0.39 is 10.0 Å². The molecule has 1 aliphatic carbocycles. The van der Waals surface area contributed by atoms with Gasteiger partial charge in [-0.1, -0.05) is 36.9 Å². The number of nitrogens with one attached hydrogen (secondary N) is 1. The summed E-state index contributed by atoms with van der Waals surface area (Å²) in [5.41, 5.74) is 8.81. The van der Waals surface area contributed by atoms with Crippen LogP contribution in [0.25, 0.3) is 22.0 Å². The Kier molecular flexibility index (Phi) is 7.48. The zero-order valence-corrected chi connectivity index (χ0v) is 23.7. The fourth-order valence-corrected chi connectivity index (χ4v) is 7.18. The second kappa shape index (κ2) is 11.2. The van der Waals surface area contributed by atoms with Crippen LogP contribution in [0.15, 0.2) is 65.7 Å². The van der Waals surface area contributed by atoms with Crippen LogP contribution < -0.4 is 16.0 Å². The monoisotopic (exact) mass is 577 g/mol. The Bertz CT molecular complexity index is 1620. The van der Waals surface area contributed by atoms with Crippen LogP contribution in [0.3, 0.4) is 0 Å². The number of fused-ring (bicyclic) bond motifs is 1. The van der Waals surface area contributed by atoms with Crippen molar-refractivity contribution in [3.8, 4) is 11.1 Å². The zero-order chi connectivity index (χ0) is 27.7. The van der Waals surface area contributed by atoms with Gasteiger partial charge in [-0.05, 0) is 66.9 Å². The number of sulfonamides is 1. The van der Waals surface area contributed by atoms with Crippen LogP contribution in [0.4, 0.5) is 17.6 Å². The molecule has 0 spiro atoms. The summed E-state index contributed by atoms with van der Waals surface area (Å²) >= 11 is 5.95. The van der Waals surface area contributed by atoms with E-state index in [1.807, 2.05) is 24.3 Å². The van der Waals surface area contributed by atoms with Crippen LogP contribution in [0.5, 0.6) is 0 Å². The third-order valence-electron chi connectivity index (χ3n) is 7.75. The van der Waals surface area contributed by atoms with Crippen molar-refractivity contribution >= 4 is 50.1 Å². The van der Waals surface area contributed by atoms with Crippen molar-refractivity contribution in [3.05, 3.63) is 65.8 Å². The average Bonchev–Trinajstić information content (AvgIpc) is 2.98. The van der Waals surface area contributed by atoms with Gasteiger partial charge < -0.3 is 16.0 Å². The van der Waals surface area contributed by atoms with E-state index in [9.17, 15) is 8.42 Å². The first-order valence-electron chi connectivity index (χ1n) is 13.7. The summed E-state index contributed by atoms with van der Waals surface area (Å²) in [6.07, 6.45) is 7.73. The van der Waals surface area contributed by atoms with Gasteiger partial charge in [-0.3, -0.25) is 0 Å². The highest BCUT2D eigenvalue weighted by Gasteiger charge is 2.30. The van der Waals surface area contributed by atoms with Crippen LogP contribution in [0, 0.1) is 0 Å². The van der Waals surface area contributed by atoms with Gasteiger partial charge in [0.25, 0.3) is 0 Å². The Morgan fingerprint density at radius 1 is 0.925 bits per heavy atom. The Balaban J connectivity index is 1.26. The predicted octanol–water partition coefficient (Wildman–Crippen LogP) is 5.18. The van der Waals surface area contributed by atoms with Crippen molar-refractivity contribution < 1.29 is 8.42 Å². The summed E-state index contributed by atoms with van der Waals surface area (Å²) < 4.78 is 27.9. The van der Waals surface area contributed by atoms with Gasteiger partial charge in [0.15, 0.2) is 0 Å². The molecule has 3 N–H and O–H groups in total. The number of piperazine rings is 1. The van der Waals surface area contributed by atoms with E-state index in [2.05, 4.69) is 26.3 Å². The molecule has 1 aliphatic heterocycles. The third kappa shape index (κ3) is 5.43. The number of aromatic nitrogens is 3. The predicted molar refractivity (Wildman–Crippen MR) is 160 cm³/mol. The minimum atomic E-state index is -3.60. The van der Waals surface area contributed by atoms with E-state index >= 15 is 0 Å². The largest absolute Gasteiger partial charge is 0.368 e. The molecule has 3 heterocycles. The van der Waals surface area contributed by atoms with Crippen molar-refractivity contribution in [3.63, 3.8) is 0 Å². The smallest absolute Gasteiger partial charge is 0.243 e. The molecule has 0 radical (unpaired) electrons. The van der Waals surface area contributed by atoms with E-state index in [0.29, 0.717) is 37.2 Å². The van der Waals surface area contributed by atoms with Gasteiger partial charge in [0.05, 0.1) is 10.4 Å². The number of nitrogen functional groups attached to an aromatic ring is 1. The van der Waals surface area contributed by atoms with Crippen molar-refractivity contribution in [1.29, 1.82) is 0 Å². The molecule has 0 bridgehead atoms. The Hall–Kier alpha value is -3.47. The molecule has 11 heteroatoms. The van der Waals surface area contributed by atoms with Crippen LogP contribution in [-0.4, -0.2) is 59.9 Å². The minimum absolute atomic E-state index is 0.250. The molecular weight excluding hydrogens is 546 g/mol. The number of nitrogens with zero attached hydrogens (tertiary/aromatic N) is 5. The number of anilines is 3. The highest BCUT2D eigenvalue weighted by atomic mass is 35.5. The molecule has 0 unspecified atom stereocenters. The van der Waals surface area contributed by atoms with Crippen molar-refractivity contribution in [2.24, 2.45) is 0 Å². The molecule has 9 nitrogen and oxygen atoms in total. The zero-order valence-electron chi connectivity index (χ0n) is 22.1. The van der Waals surface area contributed by atoms with Gasteiger partial charge in [0.2, 0.25) is 16.0 Å². The lowest BCUT2D eigenvalue weighted by Crippen LogP contribution is -2.49. The molecule has 40 heavy (non-hydrogen) atoms. The fourth-order valence-electron chi connectivity index (χ4n) is 5.63. The van der Waals surface area contributed by atoms with E-state index in [1.165, 1.54) is 23.6 Å². The molecule has 1 saturated carbocycles. The SMILES string of the molecule is Nc1nc(NC2CCCCC2)c2cc(-c3cccnc3N3CCN(S(=O)(=O)c4ccc(Cl)cc4)CC3)ccc2n1. The van der Waals surface area contributed by atoms with E-state index in [1.54, 1.807) is 30.5 Å². The lowest BCUT2D eigenvalue weighted by Gasteiger charge is -2.35. The summed E-state index contributed by atoms with van der Waals surface area (Å²) in [6, 6.07) is 16.8. The van der Waals surface area contributed by atoms with E-state index in [4.69, 9.17) is 22.3 Å². The summed E-state index contributed by atoms with van der Waals surface area (Å²) in [4.78, 5) is 16.1.